The number of benzene rings is 2. The van der Waals surface area contributed by atoms with Crippen LogP contribution < -0.4 is 5.73 Å². The average molecular weight is 297 g/mol. The molecule has 0 bridgehead atoms. The molecule has 0 amide bonds. The summed E-state index contributed by atoms with van der Waals surface area (Å²) in [5.41, 5.74) is 9.67. The second kappa shape index (κ2) is 7.76. The van der Waals surface area contributed by atoms with Crippen LogP contribution in [0, 0.1) is 5.92 Å². The Morgan fingerprint density at radius 3 is 2.41 bits per heavy atom. The van der Waals surface area contributed by atoms with E-state index >= 15 is 0 Å². The third-order valence-electron chi connectivity index (χ3n) is 3.74. The molecule has 116 valence electrons. The number of carbonyl (C=O) groups is 1. The van der Waals surface area contributed by atoms with E-state index in [1.807, 2.05) is 50.2 Å². The minimum Gasteiger partial charge on any atom is -0.466 e. The molecular weight excluding hydrogens is 274 g/mol. The van der Waals surface area contributed by atoms with Crippen molar-refractivity contribution >= 4 is 5.97 Å². The van der Waals surface area contributed by atoms with E-state index < -0.39 is 0 Å². The molecule has 0 aliphatic heterocycles. The molecule has 2 atom stereocenters. The molecule has 0 saturated carbocycles. The summed E-state index contributed by atoms with van der Waals surface area (Å²) in [5, 5.41) is 0. The lowest BCUT2D eigenvalue weighted by molar-refractivity contribution is -0.147. The molecule has 3 nitrogen and oxygen atoms in total. The Morgan fingerprint density at radius 2 is 1.73 bits per heavy atom. The molecule has 0 spiro atoms. The van der Waals surface area contributed by atoms with Crippen molar-refractivity contribution in [3.63, 3.8) is 0 Å². The van der Waals surface area contributed by atoms with Gasteiger partial charge in [-0.1, -0.05) is 61.5 Å². The highest BCUT2D eigenvalue weighted by Crippen LogP contribution is 2.30. The second-order valence-corrected chi connectivity index (χ2v) is 5.45. The van der Waals surface area contributed by atoms with E-state index in [1.54, 1.807) is 0 Å². The molecule has 22 heavy (non-hydrogen) atoms. The van der Waals surface area contributed by atoms with Crippen molar-refractivity contribution in [2.75, 3.05) is 6.61 Å². The number of ether oxygens (including phenoxy) is 1. The smallest absolute Gasteiger partial charge is 0.308 e. The quantitative estimate of drug-likeness (QED) is 0.822. The number of carbonyl (C=O) groups excluding carboxylic acids is 1. The summed E-state index contributed by atoms with van der Waals surface area (Å²) in [7, 11) is 0. The summed E-state index contributed by atoms with van der Waals surface area (Å²) in [6.45, 7) is 4.08. The minimum atomic E-state index is -0.209. The number of esters is 1. The predicted octanol–water partition coefficient (Wildman–Crippen LogP) is 3.94. The summed E-state index contributed by atoms with van der Waals surface area (Å²) < 4.78 is 5.06. The molecule has 0 saturated heterocycles. The topological polar surface area (TPSA) is 52.3 Å². The number of nitrogens with two attached hydrogens (primary N) is 1. The fourth-order valence-electron chi connectivity index (χ4n) is 2.59. The molecule has 0 aliphatic rings. The van der Waals surface area contributed by atoms with Crippen LogP contribution in [0.5, 0.6) is 0 Å². The van der Waals surface area contributed by atoms with Crippen molar-refractivity contribution in [3.05, 3.63) is 60.2 Å². The minimum absolute atomic E-state index is 0.185. The standard InChI is InChI=1S/C19H23NO2/c1-3-22-19(21)14(2)13-18(20)17-12-8-7-11-16(17)15-9-5-4-6-10-15/h4-12,14,18H,3,13,20H2,1-2H3. The summed E-state index contributed by atoms with van der Waals surface area (Å²) in [4.78, 5) is 11.8. The van der Waals surface area contributed by atoms with Gasteiger partial charge in [-0.05, 0) is 30.0 Å². The maximum Gasteiger partial charge on any atom is 0.308 e. The number of rotatable bonds is 6. The van der Waals surface area contributed by atoms with Gasteiger partial charge in [0, 0.05) is 6.04 Å². The van der Waals surface area contributed by atoms with Crippen LogP contribution in [0.4, 0.5) is 0 Å². The molecule has 0 aromatic heterocycles. The van der Waals surface area contributed by atoms with E-state index in [1.165, 1.54) is 0 Å². The van der Waals surface area contributed by atoms with Crippen LogP contribution in [0.25, 0.3) is 11.1 Å². The molecule has 2 unspecified atom stereocenters. The van der Waals surface area contributed by atoms with Gasteiger partial charge in [0.1, 0.15) is 0 Å². The Labute approximate surface area is 132 Å². The van der Waals surface area contributed by atoms with Crippen molar-refractivity contribution in [1.82, 2.24) is 0 Å². The van der Waals surface area contributed by atoms with E-state index in [0.717, 1.165) is 16.7 Å². The van der Waals surface area contributed by atoms with Gasteiger partial charge in [0.25, 0.3) is 0 Å². The zero-order valence-electron chi connectivity index (χ0n) is 13.2. The van der Waals surface area contributed by atoms with Gasteiger partial charge >= 0.3 is 5.97 Å². The lowest BCUT2D eigenvalue weighted by atomic mass is 9.90. The van der Waals surface area contributed by atoms with Gasteiger partial charge in [-0.3, -0.25) is 4.79 Å². The fraction of sp³-hybridized carbons (Fsp3) is 0.316. The maximum atomic E-state index is 11.8. The van der Waals surface area contributed by atoms with Crippen LogP contribution in [0.1, 0.15) is 31.9 Å². The Kier molecular flexibility index (Phi) is 5.73. The van der Waals surface area contributed by atoms with E-state index in [9.17, 15) is 4.79 Å². The number of hydrogen-bond donors (Lipinski definition) is 1. The zero-order chi connectivity index (χ0) is 15.9. The van der Waals surface area contributed by atoms with E-state index in [2.05, 4.69) is 18.2 Å². The summed E-state index contributed by atoms with van der Waals surface area (Å²) >= 11 is 0. The van der Waals surface area contributed by atoms with Crippen LogP contribution >= 0.6 is 0 Å². The summed E-state index contributed by atoms with van der Waals surface area (Å²) in [6, 6.07) is 18.1. The molecule has 3 heteroatoms. The molecule has 2 N–H and O–H groups in total. The first-order chi connectivity index (χ1) is 10.6. The monoisotopic (exact) mass is 297 g/mol. The maximum absolute atomic E-state index is 11.8. The van der Waals surface area contributed by atoms with Gasteiger partial charge < -0.3 is 10.5 Å². The first-order valence-corrected chi connectivity index (χ1v) is 7.70. The van der Waals surface area contributed by atoms with Crippen molar-refractivity contribution in [2.45, 2.75) is 26.3 Å². The van der Waals surface area contributed by atoms with Crippen molar-refractivity contribution < 1.29 is 9.53 Å². The Bertz CT molecular complexity index is 610. The predicted molar refractivity (Wildman–Crippen MR) is 89.2 cm³/mol. The molecule has 2 aromatic carbocycles. The third-order valence-corrected chi connectivity index (χ3v) is 3.74. The SMILES string of the molecule is CCOC(=O)C(C)CC(N)c1ccccc1-c1ccccc1. The highest BCUT2D eigenvalue weighted by Gasteiger charge is 2.20. The van der Waals surface area contributed by atoms with Crippen molar-refractivity contribution in [1.29, 1.82) is 0 Å². The van der Waals surface area contributed by atoms with Gasteiger partial charge in [-0.2, -0.15) is 0 Å². The second-order valence-electron chi connectivity index (χ2n) is 5.45. The lowest BCUT2D eigenvalue weighted by Crippen LogP contribution is -2.21. The first-order valence-electron chi connectivity index (χ1n) is 7.70. The fourth-order valence-corrected chi connectivity index (χ4v) is 2.59. The molecule has 0 heterocycles. The third kappa shape index (κ3) is 3.95. The molecule has 0 fully saturated rings. The van der Waals surface area contributed by atoms with Gasteiger partial charge in [0.05, 0.1) is 12.5 Å². The van der Waals surface area contributed by atoms with Gasteiger partial charge in [-0.15, -0.1) is 0 Å². The molecule has 0 aliphatic carbocycles. The highest BCUT2D eigenvalue weighted by atomic mass is 16.5. The van der Waals surface area contributed by atoms with E-state index in [4.69, 9.17) is 10.5 Å². The largest absolute Gasteiger partial charge is 0.466 e. The lowest BCUT2D eigenvalue weighted by Gasteiger charge is -2.19. The Hall–Kier alpha value is -2.13. The zero-order valence-corrected chi connectivity index (χ0v) is 13.2. The first kappa shape index (κ1) is 16.2. The van der Waals surface area contributed by atoms with Crippen molar-refractivity contribution in [3.8, 4) is 11.1 Å². The summed E-state index contributed by atoms with van der Waals surface area (Å²) in [6.07, 6.45) is 0.572. The average Bonchev–Trinajstić information content (AvgIpc) is 2.55. The van der Waals surface area contributed by atoms with Crippen LogP contribution in [0.2, 0.25) is 0 Å². The van der Waals surface area contributed by atoms with Gasteiger partial charge in [0.2, 0.25) is 0 Å². The van der Waals surface area contributed by atoms with Crippen molar-refractivity contribution in [2.24, 2.45) is 11.7 Å². The van der Waals surface area contributed by atoms with Crippen LogP contribution in [0.3, 0.4) is 0 Å². The molecule has 0 radical (unpaired) electrons. The van der Waals surface area contributed by atoms with E-state index in [-0.39, 0.29) is 17.9 Å². The van der Waals surface area contributed by atoms with Crippen LogP contribution in [-0.4, -0.2) is 12.6 Å². The normalized spacial score (nSPS) is 13.4. The Balaban J connectivity index is 2.20. The summed E-state index contributed by atoms with van der Waals surface area (Å²) in [5.74, 6) is -0.395. The molecule has 2 rings (SSSR count). The van der Waals surface area contributed by atoms with Crippen LogP contribution in [0.15, 0.2) is 54.6 Å². The number of hydrogen-bond acceptors (Lipinski definition) is 3. The van der Waals surface area contributed by atoms with Gasteiger partial charge in [0.15, 0.2) is 0 Å². The molecule has 2 aromatic rings. The van der Waals surface area contributed by atoms with Crippen LogP contribution in [-0.2, 0) is 9.53 Å². The van der Waals surface area contributed by atoms with Gasteiger partial charge in [-0.25, -0.2) is 0 Å². The van der Waals surface area contributed by atoms with E-state index in [0.29, 0.717) is 13.0 Å². The highest BCUT2D eigenvalue weighted by molar-refractivity contribution is 5.72. The Morgan fingerprint density at radius 1 is 1.09 bits per heavy atom. The molecular formula is C19H23NO2.